The Bertz CT molecular complexity index is 999. The monoisotopic (exact) mass is 366 g/mol. The Morgan fingerprint density at radius 3 is 2.77 bits per heavy atom. The normalized spacial score (nSPS) is 15.1. The molecule has 0 saturated heterocycles. The van der Waals surface area contributed by atoms with Crippen LogP contribution < -0.4 is 22.1 Å². The molecular weight excluding hydrogens is 352 g/mol. The van der Waals surface area contributed by atoms with Crippen LogP contribution in [0.5, 0.6) is 0 Å². The predicted molar refractivity (Wildman–Crippen MR) is 100 cm³/mol. The van der Waals surface area contributed by atoms with E-state index in [0.29, 0.717) is 16.4 Å². The molecule has 2 aromatic rings. The van der Waals surface area contributed by atoms with Crippen molar-refractivity contribution in [2.45, 2.75) is 19.4 Å². The lowest BCUT2D eigenvalue weighted by Gasteiger charge is -2.26. The molecule has 1 aliphatic rings. The third kappa shape index (κ3) is 2.83. The number of pyridine rings is 1. The van der Waals surface area contributed by atoms with Gasteiger partial charge < -0.3 is 16.8 Å². The van der Waals surface area contributed by atoms with Crippen LogP contribution in [0, 0.1) is 22.8 Å². The Balaban J connectivity index is 2.25. The first kappa shape index (κ1) is 17.3. The first-order valence-electron chi connectivity index (χ1n) is 7.77. The molecule has 0 aliphatic carbocycles. The van der Waals surface area contributed by atoms with Crippen LogP contribution in [0.4, 0.5) is 17.3 Å². The summed E-state index contributed by atoms with van der Waals surface area (Å²) in [6.07, 6.45) is 2.56. The van der Waals surface area contributed by atoms with Crippen LogP contribution in [0.3, 0.4) is 0 Å². The van der Waals surface area contributed by atoms with E-state index in [4.69, 9.17) is 28.3 Å². The highest BCUT2D eigenvalue weighted by Gasteiger charge is 2.29. The zero-order valence-corrected chi connectivity index (χ0v) is 14.6. The van der Waals surface area contributed by atoms with Gasteiger partial charge in [-0.15, -0.1) is 0 Å². The second-order valence-electron chi connectivity index (χ2n) is 5.61. The minimum atomic E-state index is -0.565. The lowest BCUT2D eigenvalue weighted by molar-refractivity contribution is 0.843. The van der Waals surface area contributed by atoms with E-state index in [1.807, 2.05) is 31.3 Å². The van der Waals surface area contributed by atoms with E-state index in [0.717, 1.165) is 17.5 Å². The van der Waals surface area contributed by atoms with E-state index in [9.17, 15) is 5.26 Å². The van der Waals surface area contributed by atoms with Crippen molar-refractivity contribution in [1.29, 1.82) is 10.5 Å². The molecule has 3 rings (SSSR count). The third-order valence-electron chi connectivity index (χ3n) is 4.12. The number of guanidine groups is 1. The van der Waals surface area contributed by atoms with Gasteiger partial charge in [0.25, 0.3) is 0 Å². The highest BCUT2D eigenvalue weighted by Crippen LogP contribution is 2.41. The number of nitrogens with one attached hydrogen (secondary N) is 2. The Morgan fingerprint density at radius 1 is 1.35 bits per heavy atom. The summed E-state index contributed by atoms with van der Waals surface area (Å²) in [5.74, 6) is 0.581. The maximum absolute atomic E-state index is 9.33. The lowest BCUT2D eigenvalue weighted by Crippen LogP contribution is -2.32. The summed E-state index contributed by atoms with van der Waals surface area (Å²) in [6, 6.07) is 6.96. The minimum Gasteiger partial charge on any atom is -0.397 e. The van der Waals surface area contributed by atoms with Crippen LogP contribution in [0.1, 0.15) is 35.2 Å². The van der Waals surface area contributed by atoms with Crippen LogP contribution in [0.25, 0.3) is 0 Å². The average molecular weight is 367 g/mol. The SMILES string of the molecule is CCc1cc(C2N=C(NC#N)Nc3nc(N)c(C#N)c(N)c32)ccc1Cl. The maximum Gasteiger partial charge on any atom is 0.211 e. The number of nitriles is 2. The summed E-state index contributed by atoms with van der Waals surface area (Å²) in [5, 5.41) is 24.3. The molecule has 1 unspecified atom stereocenters. The van der Waals surface area contributed by atoms with E-state index in [1.165, 1.54) is 0 Å². The van der Waals surface area contributed by atoms with Gasteiger partial charge in [-0.2, -0.15) is 10.5 Å². The molecule has 0 radical (unpaired) electrons. The lowest BCUT2D eigenvalue weighted by atomic mass is 9.94. The minimum absolute atomic E-state index is 0.0126. The number of nitrogen functional groups attached to an aromatic ring is 2. The van der Waals surface area contributed by atoms with E-state index < -0.39 is 6.04 Å². The Kier molecular flexibility index (Phi) is 4.53. The maximum atomic E-state index is 9.33. The number of rotatable bonds is 2. The number of aryl methyl sites for hydroxylation is 1. The van der Waals surface area contributed by atoms with Crippen LogP contribution in [-0.4, -0.2) is 10.9 Å². The number of nitrogens with two attached hydrogens (primary N) is 2. The van der Waals surface area contributed by atoms with Crippen LogP contribution in [0.15, 0.2) is 23.2 Å². The fraction of sp³-hybridized carbons (Fsp3) is 0.176. The van der Waals surface area contributed by atoms with Gasteiger partial charge in [0.1, 0.15) is 29.3 Å². The molecule has 1 atom stereocenters. The second kappa shape index (κ2) is 6.79. The fourth-order valence-corrected chi connectivity index (χ4v) is 3.11. The molecular formula is C17H15ClN8. The number of benzene rings is 1. The Morgan fingerprint density at radius 2 is 2.12 bits per heavy atom. The molecule has 1 aliphatic heterocycles. The number of aliphatic imine (C=N–C) groups is 1. The summed E-state index contributed by atoms with van der Waals surface area (Å²) in [4.78, 5) is 8.73. The highest BCUT2D eigenvalue weighted by molar-refractivity contribution is 6.31. The Hall–Kier alpha value is -3.49. The van der Waals surface area contributed by atoms with Crippen molar-refractivity contribution >= 4 is 34.9 Å². The highest BCUT2D eigenvalue weighted by atomic mass is 35.5. The molecule has 2 heterocycles. The van der Waals surface area contributed by atoms with Gasteiger partial charge in [-0.25, -0.2) is 9.98 Å². The number of hydrogen-bond donors (Lipinski definition) is 4. The molecule has 6 N–H and O–H groups in total. The molecule has 0 spiro atoms. The van der Waals surface area contributed by atoms with Crippen molar-refractivity contribution in [3.05, 3.63) is 45.5 Å². The molecule has 9 heteroatoms. The van der Waals surface area contributed by atoms with Crippen molar-refractivity contribution in [2.24, 2.45) is 4.99 Å². The van der Waals surface area contributed by atoms with E-state index in [1.54, 1.807) is 6.07 Å². The standard InChI is InChI=1S/C17H15ClN8/c1-2-8-5-9(3-4-11(8)18)14-12-13(21)10(6-19)15(22)25-16(12)26-17(24-14)23-7-20/h3-5,14H,2H2,1H3,(H6,21,22,23,24,25,26). The third-order valence-corrected chi connectivity index (χ3v) is 4.49. The smallest absolute Gasteiger partial charge is 0.211 e. The van der Waals surface area contributed by atoms with Gasteiger partial charge in [0.05, 0.1) is 5.69 Å². The molecule has 1 aromatic carbocycles. The van der Waals surface area contributed by atoms with E-state index >= 15 is 0 Å². The van der Waals surface area contributed by atoms with Gasteiger partial charge in [0.15, 0.2) is 6.19 Å². The van der Waals surface area contributed by atoms with Gasteiger partial charge in [0.2, 0.25) is 5.96 Å². The molecule has 26 heavy (non-hydrogen) atoms. The van der Waals surface area contributed by atoms with Crippen molar-refractivity contribution in [3.63, 3.8) is 0 Å². The molecule has 1 aromatic heterocycles. The first-order chi connectivity index (χ1) is 12.5. The zero-order valence-electron chi connectivity index (χ0n) is 13.8. The van der Waals surface area contributed by atoms with Crippen LogP contribution >= 0.6 is 11.6 Å². The zero-order chi connectivity index (χ0) is 18.8. The largest absolute Gasteiger partial charge is 0.397 e. The number of aromatic nitrogens is 1. The van der Waals surface area contributed by atoms with Crippen molar-refractivity contribution in [3.8, 4) is 12.3 Å². The van der Waals surface area contributed by atoms with Gasteiger partial charge in [-0.1, -0.05) is 30.7 Å². The Labute approximate surface area is 155 Å². The molecule has 0 amide bonds. The summed E-state index contributed by atoms with van der Waals surface area (Å²) >= 11 is 6.21. The average Bonchev–Trinajstić information content (AvgIpc) is 2.62. The summed E-state index contributed by atoms with van der Waals surface area (Å²) < 4.78 is 0. The molecule has 8 nitrogen and oxygen atoms in total. The van der Waals surface area contributed by atoms with Crippen molar-refractivity contribution < 1.29 is 0 Å². The number of halogens is 1. The number of anilines is 3. The van der Waals surface area contributed by atoms with Gasteiger partial charge in [-0.05, 0) is 23.6 Å². The van der Waals surface area contributed by atoms with Gasteiger partial charge in [0, 0.05) is 10.6 Å². The number of nitrogens with zero attached hydrogens (tertiary/aromatic N) is 4. The summed E-state index contributed by atoms with van der Waals surface area (Å²) in [5.41, 5.74) is 14.6. The van der Waals surface area contributed by atoms with Crippen LogP contribution in [-0.2, 0) is 6.42 Å². The van der Waals surface area contributed by atoms with Gasteiger partial charge >= 0.3 is 0 Å². The molecule has 0 fully saturated rings. The van der Waals surface area contributed by atoms with E-state index in [-0.39, 0.29) is 23.0 Å². The summed E-state index contributed by atoms with van der Waals surface area (Å²) in [7, 11) is 0. The molecule has 130 valence electrons. The molecule has 0 bridgehead atoms. The van der Waals surface area contributed by atoms with Crippen molar-refractivity contribution in [2.75, 3.05) is 16.8 Å². The van der Waals surface area contributed by atoms with Gasteiger partial charge in [-0.3, -0.25) is 5.32 Å². The van der Waals surface area contributed by atoms with Crippen LogP contribution in [0.2, 0.25) is 5.02 Å². The van der Waals surface area contributed by atoms with E-state index in [2.05, 4.69) is 20.6 Å². The topological polar surface area (TPSA) is 149 Å². The second-order valence-corrected chi connectivity index (χ2v) is 6.01. The fourth-order valence-electron chi connectivity index (χ4n) is 2.86. The van der Waals surface area contributed by atoms with Crippen molar-refractivity contribution in [1.82, 2.24) is 10.3 Å². The predicted octanol–water partition coefficient (Wildman–Crippen LogP) is 2.28. The first-order valence-corrected chi connectivity index (χ1v) is 8.15. The summed E-state index contributed by atoms with van der Waals surface area (Å²) in [6.45, 7) is 2.00. The quantitative estimate of drug-likeness (QED) is 0.470. The molecule has 0 saturated carbocycles. The number of hydrogen-bond acceptors (Lipinski definition) is 8. The number of fused-ring (bicyclic) bond motifs is 1.